The third-order valence-electron chi connectivity index (χ3n) is 2.93. The highest BCUT2D eigenvalue weighted by Crippen LogP contribution is 2.24. The van der Waals surface area contributed by atoms with Gasteiger partial charge in [-0.25, -0.2) is 4.98 Å². The molecule has 19 heavy (non-hydrogen) atoms. The standard InChI is InChI=1S/C14H17ClN2O2/c1-9-12(15)5-3-10-4-6-13(17-14(9)10)16-7-11(18)8-19-2/h3-6,11,18H,7-8H2,1-2H3,(H,16,17)/t11-/m1/s1. The molecule has 0 radical (unpaired) electrons. The molecule has 0 fully saturated rings. The van der Waals surface area contributed by atoms with Crippen molar-refractivity contribution in [1.29, 1.82) is 0 Å². The fraction of sp³-hybridized carbons (Fsp3) is 0.357. The first-order valence-electron chi connectivity index (χ1n) is 6.08. The molecule has 0 saturated carbocycles. The van der Waals surface area contributed by atoms with Gasteiger partial charge in [-0.3, -0.25) is 0 Å². The average Bonchev–Trinajstić information content (AvgIpc) is 2.41. The summed E-state index contributed by atoms with van der Waals surface area (Å²) in [7, 11) is 1.56. The van der Waals surface area contributed by atoms with E-state index in [4.69, 9.17) is 16.3 Å². The van der Waals surface area contributed by atoms with Gasteiger partial charge in [0.25, 0.3) is 0 Å². The van der Waals surface area contributed by atoms with E-state index in [-0.39, 0.29) is 0 Å². The Hall–Kier alpha value is -1.36. The quantitative estimate of drug-likeness (QED) is 0.884. The van der Waals surface area contributed by atoms with Crippen molar-refractivity contribution in [3.8, 4) is 0 Å². The van der Waals surface area contributed by atoms with Crippen molar-refractivity contribution in [1.82, 2.24) is 4.98 Å². The van der Waals surface area contributed by atoms with Crippen LogP contribution in [0.25, 0.3) is 10.9 Å². The van der Waals surface area contributed by atoms with Gasteiger partial charge in [0.2, 0.25) is 0 Å². The Morgan fingerprint density at radius 2 is 2.11 bits per heavy atom. The molecule has 0 aliphatic heterocycles. The Kier molecular flexibility index (Phi) is 4.58. The second-order valence-corrected chi connectivity index (χ2v) is 4.84. The Morgan fingerprint density at radius 3 is 2.84 bits per heavy atom. The highest BCUT2D eigenvalue weighted by molar-refractivity contribution is 6.32. The molecule has 0 aliphatic carbocycles. The smallest absolute Gasteiger partial charge is 0.126 e. The molecule has 1 heterocycles. The highest BCUT2D eigenvalue weighted by Gasteiger charge is 2.06. The van der Waals surface area contributed by atoms with Crippen molar-refractivity contribution in [2.24, 2.45) is 0 Å². The zero-order valence-electron chi connectivity index (χ0n) is 11.0. The molecule has 1 aromatic heterocycles. The first-order valence-corrected chi connectivity index (χ1v) is 6.46. The molecule has 2 N–H and O–H groups in total. The van der Waals surface area contributed by atoms with E-state index < -0.39 is 6.10 Å². The van der Waals surface area contributed by atoms with Crippen LogP contribution < -0.4 is 5.32 Å². The Balaban J connectivity index is 2.19. The first kappa shape index (κ1) is 14.1. The molecule has 0 unspecified atom stereocenters. The number of fused-ring (bicyclic) bond motifs is 1. The number of rotatable bonds is 5. The Morgan fingerprint density at radius 1 is 1.37 bits per heavy atom. The molecule has 1 aromatic carbocycles. The van der Waals surface area contributed by atoms with Gasteiger partial charge in [-0.15, -0.1) is 0 Å². The van der Waals surface area contributed by atoms with Crippen LogP contribution in [0.3, 0.4) is 0 Å². The van der Waals surface area contributed by atoms with Gasteiger partial charge in [0.1, 0.15) is 5.82 Å². The number of hydrogen-bond donors (Lipinski definition) is 2. The van der Waals surface area contributed by atoms with E-state index in [1.807, 2.05) is 31.2 Å². The van der Waals surface area contributed by atoms with Crippen molar-refractivity contribution in [3.05, 3.63) is 34.9 Å². The minimum atomic E-state index is -0.553. The maximum Gasteiger partial charge on any atom is 0.126 e. The number of anilines is 1. The van der Waals surface area contributed by atoms with Crippen LogP contribution in [0.15, 0.2) is 24.3 Å². The summed E-state index contributed by atoms with van der Waals surface area (Å²) < 4.78 is 4.87. The predicted octanol–water partition coefficient (Wildman–Crippen LogP) is 2.62. The summed E-state index contributed by atoms with van der Waals surface area (Å²) in [6, 6.07) is 7.68. The molecule has 4 nitrogen and oxygen atoms in total. The molecule has 0 spiro atoms. The number of benzene rings is 1. The van der Waals surface area contributed by atoms with Crippen molar-refractivity contribution in [2.75, 3.05) is 25.6 Å². The molecule has 2 aromatic rings. The third-order valence-corrected chi connectivity index (χ3v) is 3.34. The number of aliphatic hydroxyl groups excluding tert-OH is 1. The van der Waals surface area contributed by atoms with Crippen molar-refractivity contribution >= 4 is 28.3 Å². The lowest BCUT2D eigenvalue weighted by molar-refractivity contribution is 0.0727. The number of aliphatic hydroxyl groups is 1. The summed E-state index contributed by atoms with van der Waals surface area (Å²) in [5.74, 6) is 0.716. The highest BCUT2D eigenvalue weighted by atomic mass is 35.5. The maximum atomic E-state index is 9.59. The summed E-state index contributed by atoms with van der Waals surface area (Å²) in [6.07, 6.45) is -0.553. The van der Waals surface area contributed by atoms with Gasteiger partial charge in [0, 0.05) is 24.1 Å². The van der Waals surface area contributed by atoms with Gasteiger partial charge in [0.05, 0.1) is 18.2 Å². The van der Waals surface area contributed by atoms with E-state index in [0.29, 0.717) is 24.0 Å². The zero-order chi connectivity index (χ0) is 13.8. The van der Waals surface area contributed by atoms with Gasteiger partial charge in [-0.2, -0.15) is 0 Å². The molecule has 0 amide bonds. The molecule has 5 heteroatoms. The zero-order valence-corrected chi connectivity index (χ0v) is 11.7. The predicted molar refractivity (Wildman–Crippen MR) is 77.9 cm³/mol. The second-order valence-electron chi connectivity index (χ2n) is 4.43. The Bertz CT molecular complexity index is 575. The molecule has 102 valence electrons. The summed E-state index contributed by atoms with van der Waals surface area (Å²) in [5, 5.41) is 14.4. The van der Waals surface area contributed by atoms with Gasteiger partial charge in [0.15, 0.2) is 0 Å². The average molecular weight is 281 g/mol. The van der Waals surface area contributed by atoms with E-state index in [1.165, 1.54) is 0 Å². The number of halogens is 1. The van der Waals surface area contributed by atoms with E-state index in [2.05, 4.69) is 10.3 Å². The minimum Gasteiger partial charge on any atom is -0.389 e. The number of nitrogens with zero attached hydrogens (tertiary/aromatic N) is 1. The lowest BCUT2D eigenvalue weighted by atomic mass is 10.1. The largest absolute Gasteiger partial charge is 0.389 e. The minimum absolute atomic E-state index is 0.297. The Labute approximate surface area is 117 Å². The van der Waals surface area contributed by atoms with Gasteiger partial charge < -0.3 is 15.2 Å². The number of pyridine rings is 1. The summed E-state index contributed by atoms with van der Waals surface area (Å²) in [5.41, 5.74) is 1.83. The molecular formula is C14H17ClN2O2. The maximum absolute atomic E-state index is 9.59. The van der Waals surface area contributed by atoms with Gasteiger partial charge >= 0.3 is 0 Å². The van der Waals surface area contributed by atoms with Crippen LogP contribution in [0.4, 0.5) is 5.82 Å². The van der Waals surface area contributed by atoms with Crippen LogP contribution in [0, 0.1) is 6.92 Å². The lowest BCUT2D eigenvalue weighted by Gasteiger charge is -2.12. The van der Waals surface area contributed by atoms with Crippen molar-refractivity contribution in [2.45, 2.75) is 13.0 Å². The van der Waals surface area contributed by atoms with Crippen LogP contribution in [-0.4, -0.2) is 36.5 Å². The van der Waals surface area contributed by atoms with Crippen LogP contribution in [0.1, 0.15) is 5.56 Å². The lowest BCUT2D eigenvalue weighted by Crippen LogP contribution is -2.24. The van der Waals surface area contributed by atoms with Crippen molar-refractivity contribution in [3.63, 3.8) is 0 Å². The molecule has 0 bridgehead atoms. The molecule has 0 saturated heterocycles. The van der Waals surface area contributed by atoms with Gasteiger partial charge in [-0.1, -0.05) is 17.7 Å². The van der Waals surface area contributed by atoms with Crippen LogP contribution in [0.5, 0.6) is 0 Å². The van der Waals surface area contributed by atoms with Crippen LogP contribution in [0.2, 0.25) is 5.02 Å². The summed E-state index contributed by atoms with van der Waals surface area (Å²) in [6.45, 7) is 2.64. The fourth-order valence-electron chi connectivity index (χ4n) is 1.88. The van der Waals surface area contributed by atoms with E-state index >= 15 is 0 Å². The summed E-state index contributed by atoms with van der Waals surface area (Å²) >= 11 is 6.09. The fourth-order valence-corrected chi connectivity index (χ4v) is 2.03. The third kappa shape index (κ3) is 3.35. The van der Waals surface area contributed by atoms with Gasteiger partial charge in [-0.05, 0) is 30.7 Å². The van der Waals surface area contributed by atoms with E-state index in [0.717, 1.165) is 16.5 Å². The van der Waals surface area contributed by atoms with Crippen LogP contribution >= 0.6 is 11.6 Å². The summed E-state index contributed by atoms with van der Waals surface area (Å²) in [4.78, 5) is 4.52. The van der Waals surface area contributed by atoms with E-state index in [9.17, 15) is 5.11 Å². The van der Waals surface area contributed by atoms with E-state index in [1.54, 1.807) is 7.11 Å². The second kappa shape index (κ2) is 6.19. The first-order chi connectivity index (χ1) is 9.11. The molecular weight excluding hydrogens is 264 g/mol. The molecule has 1 atom stereocenters. The monoisotopic (exact) mass is 280 g/mol. The number of aromatic nitrogens is 1. The van der Waals surface area contributed by atoms with Crippen LogP contribution in [-0.2, 0) is 4.74 Å². The number of aryl methyl sites for hydroxylation is 1. The molecule has 2 rings (SSSR count). The number of methoxy groups -OCH3 is 1. The number of nitrogens with one attached hydrogen (secondary N) is 1. The number of ether oxygens (including phenoxy) is 1. The van der Waals surface area contributed by atoms with Crippen molar-refractivity contribution < 1.29 is 9.84 Å². The SMILES string of the molecule is COC[C@H](O)CNc1ccc2ccc(Cl)c(C)c2n1. The normalized spacial score (nSPS) is 12.6. The molecule has 0 aliphatic rings. The topological polar surface area (TPSA) is 54.4 Å². The number of hydrogen-bond acceptors (Lipinski definition) is 4.